The first-order valence-corrected chi connectivity index (χ1v) is 26.0. The van der Waals surface area contributed by atoms with Gasteiger partial charge in [-0.3, -0.25) is 0 Å². The molecule has 20 heteroatoms. The number of hydrogen-bond donors (Lipinski definition) is 10. The molecule has 0 aromatic heterocycles. The summed E-state index contributed by atoms with van der Waals surface area (Å²) in [5.74, 6) is -21.2. The second-order valence-corrected chi connectivity index (χ2v) is 22.7. The Labute approximate surface area is 457 Å². The Hall–Kier alpha value is -5.00. The first kappa shape index (κ1) is 64.2. The molecule has 5 aromatic rings. The molecular formula is C60H70F10O10. The van der Waals surface area contributed by atoms with Crippen molar-refractivity contribution in [3.63, 3.8) is 0 Å². The minimum atomic E-state index is -3.55. The van der Waals surface area contributed by atoms with Crippen molar-refractivity contribution in [2.24, 2.45) is 29.6 Å². The lowest BCUT2D eigenvalue weighted by Gasteiger charge is -2.35. The fourth-order valence-corrected chi connectivity index (χ4v) is 11.8. The maximum Gasteiger partial charge on any atom is 0.309 e. The molecule has 5 aliphatic rings. The molecule has 10 N–H and O–H groups in total. The van der Waals surface area contributed by atoms with E-state index in [1.807, 2.05) is 0 Å². The summed E-state index contributed by atoms with van der Waals surface area (Å²) in [5.41, 5.74) is -10.2. The minimum absolute atomic E-state index is 0.115. The van der Waals surface area contributed by atoms with Crippen LogP contribution in [0.25, 0.3) is 0 Å². The van der Waals surface area contributed by atoms with Crippen molar-refractivity contribution in [3.05, 3.63) is 177 Å². The highest BCUT2D eigenvalue weighted by Crippen LogP contribution is 2.61. The summed E-state index contributed by atoms with van der Waals surface area (Å²) in [6.07, 6.45) is -9.67. The molecule has 10 atom stereocenters. The van der Waals surface area contributed by atoms with Crippen LogP contribution in [0.1, 0.15) is 155 Å². The Morgan fingerprint density at radius 2 is 0.362 bits per heavy atom. The van der Waals surface area contributed by atoms with Gasteiger partial charge in [0.05, 0.1) is 0 Å². The highest BCUT2D eigenvalue weighted by Gasteiger charge is 2.70. The zero-order valence-corrected chi connectivity index (χ0v) is 45.6. The number of benzene rings is 5. The van der Waals surface area contributed by atoms with Gasteiger partial charge in [0, 0.05) is 0 Å². The number of hydrogen-bond acceptors (Lipinski definition) is 10. The van der Waals surface area contributed by atoms with Gasteiger partial charge in [-0.1, -0.05) is 191 Å². The number of aliphatic hydroxyl groups is 10. The molecule has 5 aromatic carbocycles. The van der Waals surface area contributed by atoms with Crippen LogP contribution in [0, 0.1) is 29.6 Å². The van der Waals surface area contributed by atoms with E-state index in [4.69, 9.17) is 0 Å². The zero-order valence-electron chi connectivity index (χ0n) is 45.6. The average molecular weight is 1140 g/mol. The quantitative estimate of drug-likeness (QED) is 0.0755. The summed E-state index contributed by atoms with van der Waals surface area (Å²) in [4.78, 5) is 0. The van der Waals surface area contributed by atoms with Crippen molar-refractivity contribution in [3.8, 4) is 0 Å². The van der Waals surface area contributed by atoms with E-state index in [-0.39, 0.29) is 55.6 Å². The molecular weight excluding hydrogens is 1070 g/mol. The van der Waals surface area contributed by atoms with Crippen molar-refractivity contribution in [1.82, 2.24) is 0 Å². The molecule has 0 spiro atoms. The highest BCUT2D eigenvalue weighted by molar-refractivity contribution is 5.48. The van der Waals surface area contributed by atoms with Crippen LogP contribution < -0.4 is 0 Å². The number of alkyl halides is 10. The van der Waals surface area contributed by atoms with Crippen LogP contribution >= 0.6 is 0 Å². The summed E-state index contributed by atoms with van der Waals surface area (Å²) in [7, 11) is 0. The number of rotatable bonds is 5. The van der Waals surface area contributed by atoms with E-state index < -0.39 is 118 Å². The maximum absolute atomic E-state index is 13.9. The van der Waals surface area contributed by atoms with Crippen molar-refractivity contribution in [2.45, 2.75) is 157 Å². The molecule has 0 saturated heterocycles. The Morgan fingerprint density at radius 3 is 0.475 bits per heavy atom. The first-order chi connectivity index (χ1) is 36.7. The molecule has 80 heavy (non-hydrogen) atoms. The normalized spacial score (nSPS) is 31.8. The standard InChI is InChI=1S/5C12H14F2O2/c5*1-7(2)11(16)9-6-4-3-5-8(9)10(15)12(11,13)14/h5*3-7,10,15-16H,1-2H3/t2*10-,11+;2*10-,11-;/m1010./s1. The number of aliphatic hydroxyl groups excluding tert-OH is 5. The van der Waals surface area contributed by atoms with Crippen molar-refractivity contribution in [2.75, 3.05) is 0 Å². The second-order valence-electron chi connectivity index (χ2n) is 22.7. The fraction of sp³-hybridized carbons (Fsp3) is 0.500. The monoisotopic (exact) mass is 1140 g/mol. The predicted octanol–water partition coefficient (Wildman–Crippen LogP) is 11.1. The largest absolute Gasteiger partial charge is 0.382 e. The Morgan fingerprint density at radius 1 is 0.250 bits per heavy atom. The molecule has 2 unspecified atom stereocenters. The van der Waals surface area contributed by atoms with Crippen molar-refractivity contribution >= 4 is 0 Å². The van der Waals surface area contributed by atoms with Crippen molar-refractivity contribution < 1.29 is 95.0 Å². The lowest BCUT2D eigenvalue weighted by Crippen LogP contribution is -2.47. The van der Waals surface area contributed by atoms with Crippen LogP contribution in [0.3, 0.4) is 0 Å². The van der Waals surface area contributed by atoms with Gasteiger partial charge in [0.15, 0.2) is 28.0 Å². The van der Waals surface area contributed by atoms with Gasteiger partial charge >= 0.3 is 29.6 Å². The van der Waals surface area contributed by atoms with Gasteiger partial charge in [0.2, 0.25) is 0 Å². The minimum Gasteiger partial charge on any atom is -0.382 e. The van der Waals surface area contributed by atoms with Gasteiger partial charge in [-0.25, -0.2) is 0 Å². The number of fused-ring (bicyclic) bond motifs is 5. The van der Waals surface area contributed by atoms with Gasteiger partial charge in [0.1, 0.15) is 30.5 Å². The topological polar surface area (TPSA) is 202 Å². The smallest absolute Gasteiger partial charge is 0.309 e. The van der Waals surface area contributed by atoms with Crippen LogP contribution in [0.2, 0.25) is 0 Å². The molecule has 0 radical (unpaired) electrons. The van der Waals surface area contributed by atoms with Crippen LogP contribution in [0.4, 0.5) is 43.9 Å². The van der Waals surface area contributed by atoms with E-state index in [2.05, 4.69) is 0 Å². The van der Waals surface area contributed by atoms with Gasteiger partial charge in [0.25, 0.3) is 0 Å². The molecule has 0 aliphatic heterocycles. The molecule has 5 aliphatic carbocycles. The van der Waals surface area contributed by atoms with E-state index in [1.54, 1.807) is 60.7 Å². The van der Waals surface area contributed by atoms with E-state index in [9.17, 15) is 95.0 Å². The Bertz CT molecular complexity index is 2550. The van der Waals surface area contributed by atoms with E-state index in [0.717, 1.165) is 0 Å². The van der Waals surface area contributed by atoms with Crippen LogP contribution in [0.15, 0.2) is 121 Å². The van der Waals surface area contributed by atoms with Crippen LogP contribution in [0.5, 0.6) is 0 Å². The third-order valence-corrected chi connectivity index (χ3v) is 16.8. The Balaban J connectivity index is 0.000000161. The summed E-state index contributed by atoms with van der Waals surface area (Å²) >= 11 is 0. The predicted molar refractivity (Wildman–Crippen MR) is 275 cm³/mol. The van der Waals surface area contributed by atoms with Crippen molar-refractivity contribution in [1.29, 1.82) is 0 Å². The molecule has 0 saturated carbocycles. The van der Waals surface area contributed by atoms with Crippen LogP contribution in [-0.2, 0) is 28.0 Å². The van der Waals surface area contributed by atoms with E-state index in [0.29, 0.717) is 0 Å². The first-order valence-electron chi connectivity index (χ1n) is 26.0. The maximum atomic E-state index is 13.9. The molecule has 0 fully saturated rings. The third-order valence-electron chi connectivity index (χ3n) is 16.8. The molecule has 0 heterocycles. The van der Waals surface area contributed by atoms with Gasteiger partial charge in [-0.2, -0.15) is 43.9 Å². The fourth-order valence-electron chi connectivity index (χ4n) is 11.8. The zero-order chi connectivity index (χ0) is 60.7. The lowest BCUT2D eigenvalue weighted by molar-refractivity contribution is -0.240. The SMILES string of the molecule is CC(C)C1(O)c2ccccc2C(O)C1(F)F.CC(C)[C@@]1(O)c2ccccc2[C@@H](O)C1(F)F.CC(C)[C@@]1(O)c2ccccc2[C@H](O)C1(F)F.CC(C)[C@]1(O)c2ccccc2[C@@H](O)C1(F)F.CC(C)[C@]1(O)c2ccccc2[C@H](O)C1(F)F. The summed E-state index contributed by atoms with van der Waals surface area (Å²) in [5, 5.41) is 99.0. The molecule has 10 rings (SSSR count). The van der Waals surface area contributed by atoms with Gasteiger partial charge < -0.3 is 51.1 Å². The molecule has 440 valence electrons. The lowest BCUT2D eigenvalue weighted by atomic mass is 9.82. The highest BCUT2D eigenvalue weighted by atomic mass is 19.3. The van der Waals surface area contributed by atoms with Gasteiger partial charge in [-0.05, 0) is 85.2 Å². The molecule has 0 bridgehead atoms. The molecule has 0 amide bonds. The van der Waals surface area contributed by atoms with E-state index in [1.165, 1.54) is 130 Å². The summed E-state index contributed by atoms with van der Waals surface area (Å²) in [6, 6.07) is 30.1. The third kappa shape index (κ3) is 9.00. The second kappa shape index (κ2) is 21.6. The molecule has 10 nitrogen and oxygen atoms in total. The van der Waals surface area contributed by atoms with Gasteiger partial charge in [-0.15, -0.1) is 0 Å². The number of halogens is 10. The van der Waals surface area contributed by atoms with E-state index >= 15 is 0 Å². The average Bonchev–Trinajstić information content (AvgIpc) is 3.99. The Kier molecular flexibility index (Phi) is 17.4. The summed E-state index contributed by atoms with van der Waals surface area (Å²) in [6.45, 7) is 15.2. The summed E-state index contributed by atoms with van der Waals surface area (Å²) < 4.78 is 139. The van der Waals surface area contributed by atoms with Crippen LogP contribution in [-0.4, -0.2) is 80.7 Å².